The zero-order chi connectivity index (χ0) is 22.5. The summed E-state index contributed by atoms with van der Waals surface area (Å²) < 4.78 is 5.53. The highest BCUT2D eigenvalue weighted by molar-refractivity contribution is 5.94. The lowest BCUT2D eigenvalue weighted by Crippen LogP contribution is -2.26. The molecule has 162 valence electrons. The smallest absolute Gasteiger partial charge is 0.407 e. The molecule has 0 atom stereocenters. The highest BCUT2D eigenvalue weighted by Crippen LogP contribution is 2.44. The van der Waals surface area contributed by atoms with Crippen molar-refractivity contribution in [3.05, 3.63) is 101 Å². The molecule has 3 aromatic rings. The van der Waals surface area contributed by atoms with Crippen molar-refractivity contribution in [3.8, 4) is 11.1 Å². The van der Waals surface area contributed by atoms with Gasteiger partial charge in [0.05, 0.1) is 0 Å². The first kappa shape index (κ1) is 21.4. The van der Waals surface area contributed by atoms with Gasteiger partial charge in [0.15, 0.2) is 0 Å². The third kappa shape index (κ3) is 4.57. The Hall–Kier alpha value is -3.86. The van der Waals surface area contributed by atoms with Crippen LogP contribution in [-0.4, -0.2) is 44.1 Å². The van der Waals surface area contributed by atoms with Crippen LogP contribution in [0.4, 0.5) is 4.79 Å². The number of fused-ring (bicyclic) bond motifs is 3. The Bertz CT molecular complexity index is 1120. The van der Waals surface area contributed by atoms with E-state index >= 15 is 0 Å². The molecular weight excluding hydrogens is 400 g/mol. The lowest BCUT2D eigenvalue weighted by Gasteiger charge is -2.14. The number of nitrogens with zero attached hydrogens (tertiary/aromatic N) is 1. The number of ether oxygens (including phenoxy) is 1. The minimum atomic E-state index is -0.451. The normalized spacial score (nSPS) is 12.3. The van der Waals surface area contributed by atoms with Gasteiger partial charge in [-0.2, -0.15) is 0 Å². The van der Waals surface area contributed by atoms with Crippen molar-refractivity contribution >= 4 is 18.1 Å². The maximum absolute atomic E-state index is 12.2. The van der Waals surface area contributed by atoms with Crippen LogP contribution in [-0.2, 0) is 4.74 Å². The second kappa shape index (κ2) is 9.52. The van der Waals surface area contributed by atoms with E-state index in [1.807, 2.05) is 54.6 Å². The van der Waals surface area contributed by atoms with Gasteiger partial charge in [-0.05, 0) is 39.9 Å². The van der Waals surface area contributed by atoms with Crippen LogP contribution in [0.15, 0.2) is 78.9 Å². The van der Waals surface area contributed by atoms with E-state index in [4.69, 9.17) is 4.74 Å². The summed E-state index contributed by atoms with van der Waals surface area (Å²) in [5.41, 5.74) is 6.31. The van der Waals surface area contributed by atoms with Gasteiger partial charge in [-0.1, -0.05) is 72.8 Å². The molecule has 1 N–H and O–H groups in total. The third-order valence-electron chi connectivity index (χ3n) is 5.56. The Morgan fingerprint density at radius 1 is 0.938 bits per heavy atom. The second-order valence-corrected chi connectivity index (χ2v) is 7.93. The standard InChI is InChI=1S/C27H26N2O3/c1-29(2)26(30)20-11-7-9-19(17-20)10-8-16-28-27(31)32-18-25-23-14-5-3-12-21(23)22-13-4-6-15-24(22)25/h3-15,17,25H,16,18H2,1-2H3,(H,28,31). The molecule has 0 radical (unpaired) electrons. The molecule has 0 heterocycles. The van der Waals surface area contributed by atoms with Crippen molar-refractivity contribution in [1.82, 2.24) is 10.2 Å². The van der Waals surface area contributed by atoms with Crippen LogP contribution in [0, 0.1) is 0 Å². The predicted octanol–water partition coefficient (Wildman–Crippen LogP) is 4.94. The number of benzene rings is 3. The minimum Gasteiger partial charge on any atom is -0.449 e. The molecule has 0 aliphatic heterocycles. The molecule has 0 unspecified atom stereocenters. The van der Waals surface area contributed by atoms with Crippen molar-refractivity contribution in [2.24, 2.45) is 0 Å². The Morgan fingerprint density at radius 3 is 2.25 bits per heavy atom. The molecule has 5 heteroatoms. The number of carbonyl (C=O) groups excluding carboxylic acids is 2. The lowest BCUT2D eigenvalue weighted by molar-refractivity contribution is 0.0827. The summed E-state index contributed by atoms with van der Waals surface area (Å²) in [6, 6.07) is 23.9. The molecule has 0 fully saturated rings. The molecule has 0 spiro atoms. The zero-order valence-corrected chi connectivity index (χ0v) is 18.2. The maximum atomic E-state index is 12.2. The van der Waals surface area contributed by atoms with E-state index in [1.165, 1.54) is 22.3 Å². The Labute approximate surface area is 188 Å². The molecule has 1 aliphatic carbocycles. The van der Waals surface area contributed by atoms with E-state index in [1.54, 1.807) is 25.1 Å². The summed E-state index contributed by atoms with van der Waals surface area (Å²) in [7, 11) is 3.45. The number of rotatable bonds is 6. The SMILES string of the molecule is CN(C)C(=O)c1cccc(C=CCNC(=O)OCC2c3ccccc3-c3ccccc32)c1. The molecule has 0 bridgehead atoms. The van der Waals surface area contributed by atoms with Crippen LogP contribution >= 0.6 is 0 Å². The fraction of sp³-hybridized carbons (Fsp3) is 0.185. The number of hydrogen-bond donors (Lipinski definition) is 1. The Kier molecular flexibility index (Phi) is 6.36. The fourth-order valence-electron chi connectivity index (χ4n) is 4.02. The number of alkyl carbamates (subject to hydrolysis) is 1. The summed E-state index contributed by atoms with van der Waals surface area (Å²) in [4.78, 5) is 25.9. The van der Waals surface area contributed by atoms with Gasteiger partial charge in [0.1, 0.15) is 6.61 Å². The minimum absolute atomic E-state index is 0.0423. The summed E-state index contributed by atoms with van der Waals surface area (Å²) in [5, 5.41) is 2.76. The molecule has 1 aliphatic rings. The second-order valence-electron chi connectivity index (χ2n) is 7.93. The van der Waals surface area contributed by atoms with Gasteiger partial charge in [-0.15, -0.1) is 0 Å². The van der Waals surface area contributed by atoms with Gasteiger partial charge < -0.3 is 15.0 Å². The van der Waals surface area contributed by atoms with Crippen LogP contribution in [0.1, 0.15) is 33.0 Å². The Morgan fingerprint density at radius 2 is 1.59 bits per heavy atom. The monoisotopic (exact) mass is 426 g/mol. The van der Waals surface area contributed by atoms with E-state index in [9.17, 15) is 9.59 Å². The van der Waals surface area contributed by atoms with Crippen LogP contribution in [0.25, 0.3) is 17.2 Å². The molecule has 0 saturated heterocycles. The van der Waals surface area contributed by atoms with Crippen LogP contribution in [0.3, 0.4) is 0 Å². The Balaban J connectivity index is 1.31. The topological polar surface area (TPSA) is 58.6 Å². The number of nitrogens with one attached hydrogen (secondary N) is 1. The lowest BCUT2D eigenvalue weighted by atomic mass is 9.98. The highest BCUT2D eigenvalue weighted by atomic mass is 16.5. The van der Waals surface area contributed by atoms with Crippen molar-refractivity contribution in [2.45, 2.75) is 5.92 Å². The molecule has 3 aromatic carbocycles. The maximum Gasteiger partial charge on any atom is 0.407 e. The number of carbonyl (C=O) groups is 2. The van der Waals surface area contributed by atoms with Crippen LogP contribution in [0.2, 0.25) is 0 Å². The van der Waals surface area contributed by atoms with E-state index < -0.39 is 6.09 Å². The summed E-state index contributed by atoms with van der Waals surface area (Å²) >= 11 is 0. The zero-order valence-electron chi connectivity index (χ0n) is 18.2. The molecule has 2 amide bonds. The quantitative estimate of drug-likeness (QED) is 0.607. The van der Waals surface area contributed by atoms with E-state index in [0.717, 1.165) is 5.56 Å². The molecule has 0 saturated carbocycles. The number of amides is 2. The van der Waals surface area contributed by atoms with Crippen molar-refractivity contribution in [2.75, 3.05) is 27.2 Å². The van der Waals surface area contributed by atoms with E-state index in [0.29, 0.717) is 12.1 Å². The van der Waals surface area contributed by atoms with Gasteiger partial charge >= 0.3 is 6.09 Å². The van der Waals surface area contributed by atoms with Gasteiger partial charge in [0.25, 0.3) is 5.91 Å². The van der Waals surface area contributed by atoms with Gasteiger partial charge in [-0.25, -0.2) is 4.79 Å². The number of hydrogen-bond acceptors (Lipinski definition) is 3. The average molecular weight is 427 g/mol. The highest BCUT2D eigenvalue weighted by Gasteiger charge is 2.28. The van der Waals surface area contributed by atoms with Crippen molar-refractivity contribution < 1.29 is 14.3 Å². The van der Waals surface area contributed by atoms with E-state index in [-0.39, 0.29) is 18.4 Å². The summed E-state index contributed by atoms with van der Waals surface area (Å²) in [5.74, 6) is -0.00215. The molecule has 4 rings (SSSR count). The summed E-state index contributed by atoms with van der Waals surface area (Å²) in [6.07, 6.45) is 3.25. The first-order valence-electron chi connectivity index (χ1n) is 10.6. The van der Waals surface area contributed by atoms with Crippen molar-refractivity contribution in [1.29, 1.82) is 0 Å². The molecule has 5 nitrogen and oxygen atoms in total. The molecular formula is C27H26N2O3. The average Bonchev–Trinajstić information content (AvgIpc) is 3.14. The van der Waals surface area contributed by atoms with Crippen molar-refractivity contribution in [3.63, 3.8) is 0 Å². The van der Waals surface area contributed by atoms with Crippen LogP contribution < -0.4 is 5.32 Å². The molecule has 0 aromatic heterocycles. The predicted molar refractivity (Wildman–Crippen MR) is 127 cm³/mol. The molecule has 32 heavy (non-hydrogen) atoms. The first-order chi connectivity index (χ1) is 15.5. The third-order valence-corrected chi connectivity index (χ3v) is 5.56. The van der Waals surface area contributed by atoms with Gasteiger partial charge in [0, 0.05) is 32.1 Å². The van der Waals surface area contributed by atoms with E-state index in [2.05, 4.69) is 29.6 Å². The van der Waals surface area contributed by atoms with Gasteiger partial charge in [0.2, 0.25) is 0 Å². The van der Waals surface area contributed by atoms with Crippen LogP contribution in [0.5, 0.6) is 0 Å². The fourth-order valence-corrected chi connectivity index (χ4v) is 4.02. The summed E-state index contributed by atoms with van der Waals surface area (Å²) in [6.45, 7) is 0.626. The first-order valence-corrected chi connectivity index (χ1v) is 10.6. The van der Waals surface area contributed by atoms with Gasteiger partial charge in [-0.3, -0.25) is 4.79 Å². The largest absolute Gasteiger partial charge is 0.449 e.